The highest BCUT2D eigenvalue weighted by Crippen LogP contribution is 2.34. The van der Waals surface area contributed by atoms with Gasteiger partial charge in [0.1, 0.15) is 17.5 Å². The number of anilines is 1. The third-order valence-corrected chi connectivity index (χ3v) is 6.64. The molecule has 3 heterocycles. The highest BCUT2D eigenvalue weighted by Gasteiger charge is 2.36. The summed E-state index contributed by atoms with van der Waals surface area (Å²) in [6, 6.07) is 3.33. The van der Waals surface area contributed by atoms with Crippen LogP contribution in [0.1, 0.15) is 50.3 Å². The van der Waals surface area contributed by atoms with Crippen LogP contribution >= 0.6 is 0 Å². The van der Waals surface area contributed by atoms with E-state index in [1.165, 1.54) is 12.0 Å². The molecule has 1 saturated heterocycles. The molecule has 0 aromatic carbocycles. The maximum absolute atomic E-state index is 12.0. The molecule has 1 aliphatic carbocycles. The number of fused-ring (bicyclic) bond motifs is 1. The quantitative estimate of drug-likeness (QED) is 0.431. The van der Waals surface area contributed by atoms with Crippen LogP contribution in [0.5, 0.6) is 0 Å². The lowest BCUT2D eigenvalue weighted by molar-refractivity contribution is -0.140. The van der Waals surface area contributed by atoms with E-state index in [1.54, 1.807) is 0 Å². The molecule has 1 saturated carbocycles. The summed E-state index contributed by atoms with van der Waals surface area (Å²) in [6.07, 6.45) is 5.99. The lowest BCUT2D eigenvalue weighted by atomic mass is 9.79. The number of alkyl carbamates (subject to hydrolysis) is 1. The van der Waals surface area contributed by atoms with Gasteiger partial charge >= 0.3 is 12.1 Å². The molecule has 1 atom stereocenters. The average molecular weight is 447 g/mol. The van der Waals surface area contributed by atoms with Gasteiger partial charge in [0.2, 0.25) is 0 Å². The number of pyridine rings is 1. The number of carboxylic acid groups (broad SMARTS) is 1. The Morgan fingerprint density at radius 1 is 1.34 bits per heavy atom. The van der Waals surface area contributed by atoms with E-state index < -0.39 is 23.7 Å². The van der Waals surface area contributed by atoms with Crippen molar-refractivity contribution < 1.29 is 24.2 Å². The molecular weight excluding hydrogens is 412 g/mol. The van der Waals surface area contributed by atoms with E-state index in [-0.39, 0.29) is 12.5 Å². The van der Waals surface area contributed by atoms with Crippen LogP contribution in [0.4, 0.5) is 10.6 Å². The Morgan fingerprint density at radius 2 is 2.16 bits per heavy atom. The number of ether oxygens (including phenoxy) is 2. The van der Waals surface area contributed by atoms with Crippen molar-refractivity contribution in [2.24, 2.45) is 5.92 Å². The minimum Gasteiger partial charge on any atom is -0.480 e. The minimum absolute atomic E-state index is 0.166. The van der Waals surface area contributed by atoms with E-state index in [0.717, 1.165) is 50.2 Å². The van der Waals surface area contributed by atoms with Crippen LogP contribution in [0.3, 0.4) is 0 Å². The second kappa shape index (κ2) is 10.0. The number of nitrogens with one attached hydrogen (secondary N) is 3. The third kappa shape index (κ3) is 5.89. The Bertz CT molecular complexity index is 823. The second-order valence-electron chi connectivity index (χ2n) is 9.48. The van der Waals surface area contributed by atoms with E-state index in [2.05, 4.69) is 28.1 Å². The maximum atomic E-state index is 12.0. The molecule has 0 unspecified atom stereocenters. The Kier molecular flexibility index (Phi) is 7.15. The van der Waals surface area contributed by atoms with Gasteiger partial charge in [0.25, 0.3) is 0 Å². The number of carboxylic acids is 1. The van der Waals surface area contributed by atoms with E-state index in [4.69, 9.17) is 14.5 Å². The number of aliphatic carboxylic acids is 1. The van der Waals surface area contributed by atoms with E-state index >= 15 is 0 Å². The molecule has 2 aliphatic heterocycles. The molecule has 2 fully saturated rings. The van der Waals surface area contributed by atoms with E-state index in [0.29, 0.717) is 25.6 Å². The summed E-state index contributed by atoms with van der Waals surface area (Å²) in [5, 5.41) is 18.2. The summed E-state index contributed by atoms with van der Waals surface area (Å²) in [4.78, 5) is 28.2. The van der Waals surface area contributed by atoms with Crippen LogP contribution in [0.25, 0.3) is 0 Å². The zero-order chi connectivity index (χ0) is 22.6. The number of aryl methyl sites for hydroxylation is 2. The van der Waals surface area contributed by atoms with Crippen molar-refractivity contribution in [1.29, 1.82) is 0 Å². The predicted octanol–water partition coefficient (Wildman–Crippen LogP) is 2.10. The first-order chi connectivity index (χ1) is 15.4. The van der Waals surface area contributed by atoms with Gasteiger partial charge < -0.3 is 30.5 Å². The summed E-state index contributed by atoms with van der Waals surface area (Å²) in [6.45, 7) is 4.26. The van der Waals surface area contributed by atoms with Crippen molar-refractivity contribution in [3.05, 3.63) is 23.4 Å². The Balaban J connectivity index is 1.11. The van der Waals surface area contributed by atoms with Gasteiger partial charge in [-0.1, -0.05) is 6.07 Å². The van der Waals surface area contributed by atoms with Crippen LogP contribution in [-0.2, 0) is 27.1 Å². The fraction of sp³-hybridized carbons (Fsp3) is 0.696. The lowest BCUT2D eigenvalue weighted by Gasteiger charge is -2.38. The van der Waals surface area contributed by atoms with Crippen molar-refractivity contribution in [1.82, 2.24) is 15.6 Å². The number of carbonyl (C=O) groups is 2. The summed E-state index contributed by atoms with van der Waals surface area (Å²) in [7, 11) is 0. The molecule has 1 aromatic rings. The van der Waals surface area contributed by atoms with Gasteiger partial charge in [0.15, 0.2) is 0 Å². The molecular formula is C23H34N4O5. The summed E-state index contributed by atoms with van der Waals surface area (Å²) in [5.41, 5.74) is 1.89. The van der Waals surface area contributed by atoms with Crippen molar-refractivity contribution in [2.75, 3.05) is 31.6 Å². The first-order valence-corrected chi connectivity index (χ1v) is 11.7. The minimum atomic E-state index is -1.08. The van der Waals surface area contributed by atoms with Crippen LogP contribution < -0.4 is 16.0 Å². The smallest absolute Gasteiger partial charge is 0.408 e. The highest BCUT2D eigenvalue weighted by molar-refractivity contribution is 5.80. The number of hydrogen-bond acceptors (Lipinski definition) is 7. The van der Waals surface area contributed by atoms with Crippen LogP contribution in [0.2, 0.25) is 0 Å². The van der Waals surface area contributed by atoms with Gasteiger partial charge in [-0.15, -0.1) is 0 Å². The molecule has 0 spiro atoms. The molecule has 3 aliphatic rings. The standard InChI is InChI=1S/C23H34N4O5/c1-23(13-24-14-23)32-22(30)27-19(21(28)29)8-10-31-18-11-15(12-18)4-6-17-7-5-16-3-2-9-25-20(16)26-17/h5,7,15,18-19,24H,2-4,6,8-14H2,1H3,(H,25,26)(H,27,30)(H,28,29)/t15-,18-,19-/m0/s1. The zero-order valence-electron chi connectivity index (χ0n) is 18.7. The first kappa shape index (κ1) is 22.8. The number of rotatable bonds is 10. The summed E-state index contributed by atoms with van der Waals surface area (Å²) < 4.78 is 11.1. The average Bonchev–Trinajstić information content (AvgIpc) is 2.72. The van der Waals surface area contributed by atoms with Crippen LogP contribution in [0, 0.1) is 5.92 Å². The maximum Gasteiger partial charge on any atom is 0.408 e. The van der Waals surface area contributed by atoms with Gasteiger partial charge in [-0.25, -0.2) is 14.6 Å². The monoisotopic (exact) mass is 446 g/mol. The molecule has 9 nitrogen and oxygen atoms in total. The predicted molar refractivity (Wildman–Crippen MR) is 119 cm³/mol. The molecule has 1 amide bonds. The Hall–Kier alpha value is -2.39. The van der Waals surface area contributed by atoms with Crippen LogP contribution in [-0.4, -0.2) is 66.1 Å². The summed E-state index contributed by atoms with van der Waals surface area (Å²) in [5.74, 6) is 0.583. The van der Waals surface area contributed by atoms with E-state index in [1.807, 2.05) is 6.92 Å². The van der Waals surface area contributed by atoms with E-state index in [9.17, 15) is 14.7 Å². The zero-order valence-corrected chi connectivity index (χ0v) is 18.7. The van der Waals surface area contributed by atoms with Crippen molar-refractivity contribution >= 4 is 17.9 Å². The molecule has 1 aromatic heterocycles. The summed E-state index contributed by atoms with van der Waals surface area (Å²) >= 11 is 0. The van der Waals surface area contributed by atoms with Gasteiger partial charge in [0, 0.05) is 38.4 Å². The first-order valence-electron chi connectivity index (χ1n) is 11.7. The topological polar surface area (TPSA) is 122 Å². The van der Waals surface area contributed by atoms with Crippen molar-refractivity contribution in [2.45, 2.75) is 69.6 Å². The molecule has 32 heavy (non-hydrogen) atoms. The number of aromatic nitrogens is 1. The number of nitrogens with zero attached hydrogens (tertiary/aromatic N) is 1. The molecule has 4 N–H and O–H groups in total. The van der Waals surface area contributed by atoms with Crippen LogP contribution in [0.15, 0.2) is 12.1 Å². The second-order valence-corrected chi connectivity index (χ2v) is 9.48. The SMILES string of the molecule is CC1(OC(=O)N[C@@H](CCO[C@H]2C[C@H](CCc3ccc4c(n3)NCCC4)C2)C(=O)O)CNC1. The fourth-order valence-corrected chi connectivity index (χ4v) is 4.46. The fourth-order valence-electron chi connectivity index (χ4n) is 4.46. The van der Waals surface area contributed by atoms with Gasteiger partial charge in [-0.05, 0) is 63.0 Å². The molecule has 176 valence electrons. The lowest BCUT2D eigenvalue weighted by Crippen LogP contribution is -2.61. The molecule has 0 bridgehead atoms. The van der Waals surface area contributed by atoms with Crippen molar-refractivity contribution in [3.63, 3.8) is 0 Å². The molecule has 0 radical (unpaired) electrons. The number of amides is 1. The highest BCUT2D eigenvalue weighted by atomic mass is 16.6. The largest absolute Gasteiger partial charge is 0.480 e. The van der Waals surface area contributed by atoms with Gasteiger partial charge in [-0.2, -0.15) is 0 Å². The number of hydrogen-bond donors (Lipinski definition) is 4. The normalized spacial score (nSPS) is 24.2. The molecule has 9 heteroatoms. The number of carbonyl (C=O) groups excluding carboxylic acids is 1. The molecule has 4 rings (SSSR count). The third-order valence-electron chi connectivity index (χ3n) is 6.64. The van der Waals surface area contributed by atoms with Gasteiger partial charge in [-0.3, -0.25) is 0 Å². The Morgan fingerprint density at radius 3 is 2.88 bits per heavy atom. The van der Waals surface area contributed by atoms with Crippen molar-refractivity contribution in [3.8, 4) is 0 Å². The Labute approximate surface area is 188 Å². The van der Waals surface area contributed by atoms with Gasteiger partial charge in [0.05, 0.1) is 6.10 Å².